The summed E-state index contributed by atoms with van der Waals surface area (Å²) in [5, 5.41) is 3.53. The standard InChI is InChI=1S/C24H22ClN3O3/c1-16-9-10-21-20(13-16)28(24(30)19-7-3-11-26-23(19)31-21)12-4-8-22(29)27-15-17-5-2-6-18(25)14-17/h2-3,5-7,9-11,13-14H,4,8,12,15H2,1H3,(H,27,29). The van der Waals surface area contributed by atoms with Gasteiger partial charge >= 0.3 is 0 Å². The van der Waals surface area contributed by atoms with E-state index in [4.69, 9.17) is 16.3 Å². The summed E-state index contributed by atoms with van der Waals surface area (Å²) in [5.41, 5.74) is 3.04. The van der Waals surface area contributed by atoms with Crippen LogP contribution < -0.4 is 15.0 Å². The minimum atomic E-state index is -0.188. The Balaban J connectivity index is 1.44. The molecule has 2 aromatic carbocycles. The van der Waals surface area contributed by atoms with Gasteiger partial charge in [0.1, 0.15) is 5.56 Å². The second-order valence-corrected chi connectivity index (χ2v) is 7.83. The van der Waals surface area contributed by atoms with Crippen molar-refractivity contribution >= 4 is 29.1 Å². The predicted octanol–water partition coefficient (Wildman–Crippen LogP) is 4.89. The monoisotopic (exact) mass is 435 g/mol. The van der Waals surface area contributed by atoms with E-state index < -0.39 is 0 Å². The highest BCUT2D eigenvalue weighted by molar-refractivity contribution is 6.30. The van der Waals surface area contributed by atoms with Crippen molar-refractivity contribution in [2.24, 2.45) is 0 Å². The molecule has 1 aliphatic rings. The number of nitrogens with one attached hydrogen (secondary N) is 1. The van der Waals surface area contributed by atoms with E-state index in [0.717, 1.165) is 11.1 Å². The third-order valence-corrected chi connectivity index (χ3v) is 5.26. The molecule has 0 spiro atoms. The molecule has 31 heavy (non-hydrogen) atoms. The normalized spacial score (nSPS) is 12.5. The molecule has 0 radical (unpaired) electrons. The lowest BCUT2D eigenvalue weighted by Crippen LogP contribution is -2.32. The molecule has 158 valence electrons. The summed E-state index contributed by atoms with van der Waals surface area (Å²) in [5.74, 6) is 0.595. The highest BCUT2D eigenvalue weighted by atomic mass is 35.5. The van der Waals surface area contributed by atoms with Crippen LogP contribution in [0.15, 0.2) is 60.8 Å². The van der Waals surface area contributed by atoms with Crippen molar-refractivity contribution in [3.05, 3.63) is 82.5 Å². The summed E-state index contributed by atoms with van der Waals surface area (Å²) < 4.78 is 5.92. The number of hydrogen-bond acceptors (Lipinski definition) is 4. The van der Waals surface area contributed by atoms with Gasteiger partial charge in [-0.3, -0.25) is 9.59 Å². The van der Waals surface area contributed by atoms with Gasteiger partial charge in [0.15, 0.2) is 5.75 Å². The van der Waals surface area contributed by atoms with E-state index in [-0.39, 0.29) is 11.8 Å². The molecular weight excluding hydrogens is 414 g/mol. The minimum absolute atomic E-state index is 0.0787. The van der Waals surface area contributed by atoms with Crippen LogP contribution in [0.5, 0.6) is 11.6 Å². The lowest BCUT2D eigenvalue weighted by molar-refractivity contribution is -0.121. The summed E-state index contributed by atoms with van der Waals surface area (Å²) >= 11 is 5.98. The maximum absolute atomic E-state index is 13.2. The molecule has 0 aliphatic carbocycles. The largest absolute Gasteiger partial charge is 0.436 e. The van der Waals surface area contributed by atoms with Crippen LogP contribution in [0.2, 0.25) is 5.02 Å². The van der Waals surface area contributed by atoms with Crippen molar-refractivity contribution in [2.75, 3.05) is 11.4 Å². The van der Waals surface area contributed by atoms with Gasteiger partial charge in [0.25, 0.3) is 5.91 Å². The number of aromatic nitrogens is 1. The molecule has 2 amide bonds. The molecular formula is C24H22ClN3O3. The van der Waals surface area contributed by atoms with Crippen LogP contribution >= 0.6 is 11.6 Å². The predicted molar refractivity (Wildman–Crippen MR) is 120 cm³/mol. The van der Waals surface area contributed by atoms with Crippen LogP contribution in [0.25, 0.3) is 0 Å². The van der Waals surface area contributed by atoms with Crippen LogP contribution in [0.3, 0.4) is 0 Å². The first-order chi connectivity index (χ1) is 15.0. The smallest absolute Gasteiger partial charge is 0.263 e. The van der Waals surface area contributed by atoms with E-state index in [1.165, 1.54) is 0 Å². The van der Waals surface area contributed by atoms with Crippen LogP contribution in [0.4, 0.5) is 5.69 Å². The number of aryl methyl sites for hydroxylation is 1. The summed E-state index contributed by atoms with van der Waals surface area (Å²) in [7, 11) is 0. The number of ether oxygens (including phenoxy) is 1. The van der Waals surface area contributed by atoms with Gasteiger partial charge in [-0.25, -0.2) is 4.98 Å². The van der Waals surface area contributed by atoms with Gasteiger partial charge in [0, 0.05) is 30.7 Å². The molecule has 0 saturated heterocycles. The molecule has 0 atom stereocenters. The number of carbonyl (C=O) groups is 2. The Labute approximate surface area is 185 Å². The van der Waals surface area contributed by atoms with Crippen LogP contribution in [0, 0.1) is 6.92 Å². The van der Waals surface area contributed by atoms with Gasteiger partial charge in [0.2, 0.25) is 11.8 Å². The number of pyridine rings is 1. The second-order valence-electron chi connectivity index (χ2n) is 7.40. The molecule has 4 rings (SSSR count). The third kappa shape index (κ3) is 4.86. The van der Waals surface area contributed by atoms with Crippen molar-refractivity contribution in [1.82, 2.24) is 10.3 Å². The fourth-order valence-electron chi connectivity index (χ4n) is 3.47. The summed E-state index contributed by atoms with van der Waals surface area (Å²) in [6.07, 6.45) is 2.40. The van der Waals surface area contributed by atoms with Gasteiger partial charge in [-0.15, -0.1) is 0 Å². The van der Waals surface area contributed by atoms with Crippen molar-refractivity contribution in [2.45, 2.75) is 26.3 Å². The number of halogens is 1. The Kier molecular flexibility index (Phi) is 6.18. The number of nitrogens with zero attached hydrogens (tertiary/aromatic N) is 2. The number of hydrogen-bond donors (Lipinski definition) is 1. The zero-order valence-corrected chi connectivity index (χ0v) is 17.9. The van der Waals surface area contributed by atoms with Crippen molar-refractivity contribution in [1.29, 1.82) is 0 Å². The van der Waals surface area contributed by atoms with Crippen molar-refractivity contribution in [3.63, 3.8) is 0 Å². The molecule has 1 N–H and O–H groups in total. The molecule has 0 saturated carbocycles. The van der Waals surface area contributed by atoms with Gasteiger partial charge in [-0.05, 0) is 60.9 Å². The second kappa shape index (κ2) is 9.18. The van der Waals surface area contributed by atoms with Gasteiger partial charge in [-0.2, -0.15) is 0 Å². The van der Waals surface area contributed by atoms with E-state index in [1.807, 2.05) is 43.3 Å². The van der Waals surface area contributed by atoms with Crippen molar-refractivity contribution < 1.29 is 14.3 Å². The first-order valence-electron chi connectivity index (χ1n) is 10.1. The fraction of sp³-hybridized carbons (Fsp3) is 0.208. The topological polar surface area (TPSA) is 71.5 Å². The van der Waals surface area contributed by atoms with Gasteiger partial charge in [-0.1, -0.05) is 29.8 Å². The summed E-state index contributed by atoms with van der Waals surface area (Å²) in [4.78, 5) is 31.4. The zero-order valence-electron chi connectivity index (χ0n) is 17.1. The molecule has 7 heteroatoms. The van der Waals surface area contributed by atoms with Crippen LogP contribution in [-0.2, 0) is 11.3 Å². The summed E-state index contributed by atoms with van der Waals surface area (Å²) in [6.45, 7) is 2.76. The van der Waals surface area contributed by atoms with E-state index in [1.54, 1.807) is 29.3 Å². The number of carbonyl (C=O) groups excluding carboxylic acids is 2. The van der Waals surface area contributed by atoms with E-state index in [9.17, 15) is 9.59 Å². The molecule has 0 unspecified atom stereocenters. The van der Waals surface area contributed by atoms with Crippen LogP contribution in [0.1, 0.15) is 34.3 Å². The van der Waals surface area contributed by atoms with Crippen LogP contribution in [-0.4, -0.2) is 23.3 Å². The zero-order chi connectivity index (χ0) is 21.8. The first kappa shape index (κ1) is 20.9. The molecule has 1 aromatic heterocycles. The number of rotatable bonds is 6. The number of fused-ring (bicyclic) bond motifs is 2. The lowest BCUT2D eigenvalue weighted by atomic mass is 10.1. The highest BCUT2D eigenvalue weighted by Gasteiger charge is 2.28. The van der Waals surface area contributed by atoms with Gasteiger partial charge < -0.3 is 15.0 Å². The molecule has 2 heterocycles. The molecule has 1 aliphatic heterocycles. The Morgan fingerprint density at radius 1 is 1.16 bits per heavy atom. The Morgan fingerprint density at radius 3 is 2.87 bits per heavy atom. The van der Waals surface area contributed by atoms with Crippen molar-refractivity contribution in [3.8, 4) is 11.6 Å². The average molecular weight is 436 g/mol. The van der Waals surface area contributed by atoms with Gasteiger partial charge in [0.05, 0.1) is 5.69 Å². The minimum Gasteiger partial charge on any atom is -0.436 e. The first-order valence-corrected chi connectivity index (χ1v) is 10.5. The third-order valence-electron chi connectivity index (χ3n) is 5.02. The Hall–Kier alpha value is -3.38. The average Bonchev–Trinajstić information content (AvgIpc) is 2.87. The quantitative estimate of drug-likeness (QED) is 0.598. The SMILES string of the molecule is Cc1ccc2c(c1)N(CCCC(=O)NCc1cccc(Cl)c1)C(=O)c1cccnc1O2. The number of anilines is 1. The number of amides is 2. The lowest BCUT2D eigenvalue weighted by Gasteiger charge is -2.22. The maximum atomic E-state index is 13.2. The number of benzene rings is 2. The van der Waals surface area contributed by atoms with E-state index in [0.29, 0.717) is 53.8 Å². The molecule has 6 nitrogen and oxygen atoms in total. The summed E-state index contributed by atoms with van der Waals surface area (Å²) in [6, 6.07) is 16.5. The molecule has 3 aromatic rings. The molecule has 0 bridgehead atoms. The Bertz CT molecular complexity index is 1130. The fourth-order valence-corrected chi connectivity index (χ4v) is 3.69. The van der Waals surface area contributed by atoms with E-state index >= 15 is 0 Å². The molecule has 0 fully saturated rings. The maximum Gasteiger partial charge on any atom is 0.263 e. The van der Waals surface area contributed by atoms with E-state index in [2.05, 4.69) is 10.3 Å². The Morgan fingerprint density at radius 2 is 2.03 bits per heavy atom. The highest BCUT2D eigenvalue weighted by Crippen LogP contribution is 2.38.